The van der Waals surface area contributed by atoms with Gasteiger partial charge in [-0.05, 0) is 18.9 Å². The Morgan fingerprint density at radius 2 is 2.09 bits per heavy atom. The van der Waals surface area contributed by atoms with E-state index in [1.54, 1.807) is 0 Å². The van der Waals surface area contributed by atoms with E-state index in [0.29, 0.717) is 0 Å². The second kappa shape index (κ2) is 7.77. The third kappa shape index (κ3) is 3.78. The van der Waals surface area contributed by atoms with E-state index in [4.69, 9.17) is 4.74 Å². The van der Waals surface area contributed by atoms with E-state index in [1.165, 1.54) is 5.56 Å². The second-order valence-corrected chi connectivity index (χ2v) is 6.04. The van der Waals surface area contributed by atoms with E-state index in [9.17, 15) is 0 Å². The fourth-order valence-electron chi connectivity index (χ4n) is 3.38. The first-order valence-electron chi connectivity index (χ1n) is 7.69. The fraction of sp³-hybridized carbons (Fsp3) is 0.600. The minimum atomic E-state index is 0. The van der Waals surface area contributed by atoms with Crippen molar-refractivity contribution in [1.29, 1.82) is 0 Å². The molecule has 2 aliphatic rings. The summed E-state index contributed by atoms with van der Waals surface area (Å²) in [6.45, 7) is 5.90. The summed E-state index contributed by atoms with van der Waals surface area (Å²) in [5.41, 5.74) is 2.25. The van der Waals surface area contributed by atoms with Crippen LogP contribution in [0, 0.1) is 0 Å². The zero-order chi connectivity index (χ0) is 14.1. The van der Waals surface area contributed by atoms with Gasteiger partial charge in [-0.25, -0.2) is 9.50 Å². The number of fused-ring (bicyclic) bond motifs is 1. The maximum absolute atomic E-state index is 6.04. The van der Waals surface area contributed by atoms with Crippen molar-refractivity contribution in [3.8, 4) is 0 Å². The highest BCUT2D eigenvalue weighted by Gasteiger charge is 2.36. The molecule has 2 aromatic heterocycles. The van der Waals surface area contributed by atoms with Crippen LogP contribution >= 0.6 is 24.8 Å². The monoisotopic (exact) mass is 359 g/mol. The molecule has 0 aliphatic carbocycles. The Bertz CT molecular complexity index is 619. The molecule has 0 radical (unpaired) electrons. The molecule has 2 saturated heterocycles. The van der Waals surface area contributed by atoms with Gasteiger partial charge in [0, 0.05) is 50.7 Å². The molecule has 8 heteroatoms. The van der Waals surface area contributed by atoms with Crippen molar-refractivity contribution < 1.29 is 4.74 Å². The Hall–Kier alpha value is -0.920. The van der Waals surface area contributed by atoms with Gasteiger partial charge in [-0.1, -0.05) is 0 Å². The smallest absolute Gasteiger partial charge is 0.159 e. The SMILES string of the molecule is Cl.Cl.c1cnc2c(CN3CCC4(CC3)CNCCO4)cnn2c1. The molecule has 2 aromatic rings. The van der Waals surface area contributed by atoms with E-state index in [2.05, 4.69) is 20.3 Å². The highest BCUT2D eigenvalue weighted by Crippen LogP contribution is 2.28. The van der Waals surface area contributed by atoms with Crippen molar-refractivity contribution in [1.82, 2.24) is 24.8 Å². The van der Waals surface area contributed by atoms with E-state index in [-0.39, 0.29) is 30.4 Å². The number of morpholine rings is 1. The number of piperidine rings is 1. The van der Waals surface area contributed by atoms with Crippen molar-refractivity contribution in [2.75, 3.05) is 32.8 Å². The molecule has 0 atom stereocenters. The molecule has 6 nitrogen and oxygen atoms in total. The topological polar surface area (TPSA) is 54.7 Å². The third-order valence-corrected chi connectivity index (χ3v) is 4.65. The summed E-state index contributed by atoms with van der Waals surface area (Å²) in [5.74, 6) is 0. The van der Waals surface area contributed by atoms with E-state index < -0.39 is 0 Å². The fourth-order valence-corrected chi connectivity index (χ4v) is 3.38. The summed E-state index contributed by atoms with van der Waals surface area (Å²) in [6, 6.07) is 1.90. The van der Waals surface area contributed by atoms with Gasteiger partial charge in [-0.15, -0.1) is 24.8 Å². The van der Waals surface area contributed by atoms with Crippen LogP contribution in [-0.2, 0) is 11.3 Å². The normalized spacial score (nSPS) is 20.9. The van der Waals surface area contributed by atoms with Gasteiger partial charge in [0.2, 0.25) is 0 Å². The summed E-state index contributed by atoms with van der Waals surface area (Å²) < 4.78 is 7.88. The number of nitrogens with zero attached hydrogens (tertiary/aromatic N) is 4. The highest BCUT2D eigenvalue weighted by molar-refractivity contribution is 5.85. The number of likely N-dealkylation sites (tertiary alicyclic amines) is 1. The van der Waals surface area contributed by atoms with Gasteiger partial charge in [-0.2, -0.15) is 5.10 Å². The minimum absolute atomic E-state index is 0. The van der Waals surface area contributed by atoms with Crippen molar-refractivity contribution in [2.45, 2.75) is 25.0 Å². The molecule has 23 heavy (non-hydrogen) atoms. The molecule has 0 aromatic carbocycles. The lowest BCUT2D eigenvalue weighted by molar-refractivity contribution is -0.100. The largest absolute Gasteiger partial charge is 0.372 e. The van der Waals surface area contributed by atoms with Crippen LogP contribution in [0.15, 0.2) is 24.7 Å². The first-order chi connectivity index (χ1) is 10.3. The van der Waals surface area contributed by atoms with Crippen LogP contribution in [0.3, 0.4) is 0 Å². The van der Waals surface area contributed by atoms with Gasteiger partial charge in [0.15, 0.2) is 5.65 Å². The Kier molecular flexibility index (Phi) is 6.22. The number of rotatable bonds is 2. The molecule has 0 unspecified atom stereocenters. The number of halogens is 2. The first kappa shape index (κ1) is 18.4. The summed E-state index contributed by atoms with van der Waals surface area (Å²) in [4.78, 5) is 6.91. The van der Waals surface area contributed by atoms with Crippen molar-refractivity contribution >= 4 is 30.5 Å². The van der Waals surface area contributed by atoms with Crippen LogP contribution in [0.1, 0.15) is 18.4 Å². The lowest BCUT2D eigenvalue weighted by Crippen LogP contribution is -2.55. The standard InChI is InChI=1S/C15H21N5O.2ClH/c1-4-17-14-13(10-18-20(14)6-1)11-19-7-2-15(3-8-19)12-16-5-9-21-15;;/h1,4,6,10,16H,2-3,5,7-9,11-12H2;2*1H. The van der Waals surface area contributed by atoms with Gasteiger partial charge >= 0.3 is 0 Å². The van der Waals surface area contributed by atoms with Gasteiger partial charge in [-0.3, -0.25) is 4.90 Å². The highest BCUT2D eigenvalue weighted by atomic mass is 35.5. The van der Waals surface area contributed by atoms with Crippen LogP contribution in [-0.4, -0.2) is 57.9 Å². The Morgan fingerprint density at radius 1 is 1.26 bits per heavy atom. The van der Waals surface area contributed by atoms with Gasteiger partial charge < -0.3 is 10.1 Å². The van der Waals surface area contributed by atoms with Crippen molar-refractivity contribution in [2.24, 2.45) is 0 Å². The molecule has 1 spiro atoms. The van der Waals surface area contributed by atoms with Crippen LogP contribution in [0.25, 0.3) is 5.65 Å². The number of nitrogens with one attached hydrogen (secondary N) is 1. The van der Waals surface area contributed by atoms with Gasteiger partial charge in [0.25, 0.3) is 0 Å². The molecule has 4 rings (SSSR count). The molecule has 4 heterocycles. The molecule has 128 valence electrons. The molecule has 0 bridgehead atoms. The summed E-state index contributed by atoms with van der Waals surface area (Å²) in [6.07, 6.45) is 7.91. The van der Waals surface area contributed by atoms with Crippen LogP contribution in [0.5, 0.6) is 0 Å². The van der Waals surface area contributed by atoms with Crippen molar-refractivity contribution in [3.63, 3.8) is 0 Å². The second-order valence-electron chi connectivity index (χ2n) is 6.04. The maximum atomic E-state index is 6.04. The number of hydrogen-bond donors (Lipinski definition) is 1. The van der Waals surface area contributed by atoms with E-state index >= 15 is 0 Å². The average molecular weight is 360 g/mol. The molecular formula is C15H23Cl2N5O. The minimum Gasteiger partial charge on any atom is -0.372 e. The molecular weight excluding hydrogens is 337 g/mol. The molecule has 0 amide bonds. The molecule has 2 aliphatic heterocycles. The average Bonchev–Trinajstić information content (AvgIpc) is 2.94. The van der Waals surface area contributed by atoms with Crippen molar-refractivity contribution in [3.05, 3.63) is 30.2 Å². The summed E-state index contributed by atoms with van der Waals surface area (Å²) >= 11 is 0. The van der Waals surface area contributed by atoms with Gasteiger partial charge in [0.1, 0.15) is 0 Å². The van der Waals surface area contributed by atoms with E-state index in [0.717, 1.165) is 57.8 Å². The number of hydrogen-bond acceptors (Lipinski definition) is 5. The predicted octanol–water partition coefficient (Wildman–Crippen LogP) is 1.53. The predicted molar refractivity (Wildman–Crippen MR) is 93.5 cm³/mol. The summed E-state index contributed by atoms with van der Waals surface area (Å²) in [5, 5.41) is 7.82. The zero-order valence-electron chi connectivity index (χ0n) is 13.0. The molecule has 0 saturated carbocycles. The summed E-state index contributed by atoms with van der Waals surface area (Å²) in [7, 11) is 0. The number of ether oxygens (including phenoxy) is 1. The molecule has 2 fully saturated rings. The first-order valence-corrected chi connectivity index (χ1v) is 7.69. The van der Waals surface area contributed by atoms with Gasteiger partial charge in [0.05, 0.1) is 18.4 Å². The van der Waals surface area contributed by atoms with Crippen LogP contribution in [0.4, 0.5) is 0 Å². The third-order valence-electron chi connectivity index (χ3n) is 4.65. The number of aromatic nitrogens is 3. The molecule has 1 N–H and O–H groups in total. The van der Waals surface area contributed by atoms with Crippen LogP contribution < -0.4 is 5.32 Å². The Morgan fingerprint density at radius 3 is 2.83 bits per heavy atom. The van der Waals surface area contributed by atoms with E-state index in [1.807, 2.05) is 29.2 Å². The van der Waals surface area contributed by atoms with Crippen LogP contribution in [0.2, 0.25) is 0 Å². The Labute approximate surface area is 148 Å². The maximum Gasteiger partial charge on any atom is 0.159 e. The Balaban J connectivity index is 0.000000960. The quantitative estimate of drug-likeness (QED) is 0.880. The lowest BCUT2D eigenvalue weighted by Gasteiger charge is -2.44. The zero-order valence-corrected chi connectivity index (χ0v) is 14.6. The lowest BCUT2D eigenvalue weighted by atomic mass is 9.90.